The summed E-state index contributed by atoms with van der Waals surface area (Å²) in [7, 11) is 0. The molecule has 0 radical (unpaired) electrons. The van der Waals surface area contributed by atoms with Gasteiger partial charge in [-0.05, 0) is 68.6 Å². The highest BCUT2D eigenvalue weighted by molar-refractivity contribution is 5.77. The average molecular weight is 383 g/mol. The molecule has 0 N–H and O–H groups in total. The Morgan fingerprint density at radius 3 is 2.57 bits per heavy atom. The van der Waals surface area contributed by atoms with Gasteiger partial charge >= 0.3 is 0 Å². The van der Waals surface area contributed by atoms with Gasteiger partial charge in [-0.15, -0.1) is 0 Å². The molecule has 1 aromatic heterocycles. The van der Waals surface area contributed by atoms with Gasteiger partial charge in [0.1, 0.15) is 17.5 Å². The van der Waals surface area contributed by atoms with E-state index in [-0.39, 0.29) is 17.2 Å². The number of hydrogen-bond acceptors (Lipinski definition) is 3. The Labute approximate surface area is 162 Å². The van der Waals surface area contributed by atoms with Gasteiger partial charge in [0, 0.05) is 19.2 Å². The first-order valence-electron chi connectivity index (χ1n) is 9.63. The second-order valence-corrected chi connectivity index (χ2v) is 7.59. The van der Waals surface area contributed by atoms with Crippen molar-refractivity contribution in [1.82, 2.24) is 14.5 Å². The first-order chi connectivity index (χ1) is 13.5. The number of likely N-dealkylation sites (tertiary alicyclic amines) is 1. The van der Waals surface area contributed by atoms with Crippen LogP contribution in [0.3, 0.4) is 0 Å². The van der Waals surface area contributed by atoms with Gasteiger partial charge in [-0.25, -0.2) is 13.8 Å². The molecule has 4 rings (SSSR count). The molecule has 0 atom stereocenters. The lowest BCUT2D eigenvalue weighted by Crippen LogP contribution is -2.36. The van der Waals surface area contributed by atoms with Gasteiger partial charge < -0.3 is 0 Å². The SMILES string of the molecule is Cc1nc2cc(F)ccc2c(=O)n1CC1CCN(Cc2cccc(F)c2)CC1. The van der Waals surface area contributed by atoms with Gasteiger partial charge in [0.2, 0.25) is 0 Å². The minimum atomic E-state index is -0.387. The number of rotatable bonds is 4. The number of nitrogens with zero attached hydrogens (tertiary/aromatic N) is 3. The van der Waals surface area contributed by atoms with Crippen molar-refractivity contribution >= 4 is 10.9 Å². The van der Waals surface area contributed by atoms with Crippen molar-refractivity contribution in [3.05, 3.63) is 75.8 Å². The molecule has 0 bridgehead atoms. The topological polar surface area (TPSA) is 38.1 Å². The first kappa shape index (κ1) is 18.7. The number of halogens is 2. The summed E-state index contributed by atoms with van der Waals surface area (Å²) in [6.07, 6.45) is 1.95. The van der Waals surface area contributed by atoms with E-state index in [0.29, 0.717) is 29.2 Å². The van der Waals surface area contributed by atoms with E-state index >= 15 is 0 Å². The molecule has 1 aliphatic heterocycles. The van der Waals surface area contributed by atoms with Gasteiger partial charge in [0.15, 0.2) is 0 Å². The molecular formula is C22H23F2N3O. The van der Waals surface area contributed by atoms with E-state index in [1.54, 1.807) is 23.6 Å². The minimum absolute atomic E-state index is 0.107. The minimum Gasteiger partial charge on any atom is -0.299 e. The molecule has 1 fully saturated rings. The molecule has 0 spiro atoms. The Balaban J connectivity index is 1.43. The second-order valence-electron chi connectivity index (χ2n) is 7.59. The van der Waals surface area contributed by atoms with Gasteiger partial charge in [-0.2, -0.15) is 0 Å². The maximum Gasteiger partial charge on any atom is 0.261 e. The standard InChI is InChI=1S/C22H23F2N3O/c1-15-25-21-12-19(24)5-6-20(21)22(28)27(15)14-16-7-9-26(10-8-16)13-17-3-2-4-18(23)11-17/h2-6,11-12,16H,7-10,13-14H2,1H3. The molecule has 146 valence electrons. The molecular weight excluding hydrogens is 360 g/mol. The van der Waals surface area contributed by atoms with E-state index in [0.717, 1.165) is 38.0 Å². The number of fused-ring (bicyclic) bond motifs is 1. The molecule has 0 amide bonds. The van der Waals surface area contributed by atoms with E-state index in [9.17, 15) is 13.6 Å². The summed E-state index contributed by atoms with van der Waals surface area (Å²) < 4.78 is 28.5. The van der Waals surface area contributed by atoms with E-state index in [1.165, 1.54) is 24.3 Å². The zero-order valence-corrected chi connectivity index (χ0v) is 15.9. The molecule has 4 nitrogen and oxygen atoms in total. The summed E-state index contributed by atoms with van der Waals surface area (Å²) in [5, 5.41) is 0.454. The average Bonchev–Trinajstić information content (AvgIpc) is 2.66. The van der Waals surface area contributed by atoms with Crippen molar-refractivity contribution in [2.24, 2.45) is 5.92 Å². The Kier molecular flexibility index (Phi) is 5.22. The van der Waals surface area contributed by atoms with Gasteiger partial charge in [0.05, 0.1) is 10.9 Å². The summed E-state index contributed by atoms with van der Waals surface area (Å²) in [4.78, 5) is 19.6. The summed E-state index contributed by atoms with van der Waals surface area (Å²) in [5.74, 6) is 0.415. The lowest BCUT2D eigenvalue weighted by atomic mass is 9.96. The number of aromatic nitrogens is 2. The molecule has 2 heterocycles. The Bertz CT molecular complexity index is 1060. The first-order valence-corrected chi connectivity index (χ1v) is 9.63. The Hall–Kier alpha value is -2.60. The molecule has 1 aliphatic rings. The highest BCUT2D eigenvalue weighted by Crippen LogP contribution is 2.21. The zero-order valence-electron chi connectivity index (χ0n) is 15.9. The summed E-state index contributed by atoms with van der Waals surface area (Å²) in [5.41, 5.74) is 1.28. The Morgan fingerprint density at radius 2 is 1.82 bits per heavy atom. The quantitative estimate of drug-likeness (QED) is 0.686. The number of benzene rings is 2. The van der Waals surface area contributed by atoms with Crippen LogP contribution in [0, 0.1) is 24.5 Å². The van der Waals surface area contributed by atoms with Crippen LogP contribution in [0.15, 0.2) is 47.3 Å². The molecule has 0 saturated carbocycles. The van der Waals surface area contributed by atoms with Gasteiger partial charge in [-0.1, -0.05) is 12.1 Å². The van der Waals surface area contributed by atoms with Crippen LogP contribution in [-0.2, 0) is 13.1 Å². The molecule has 3 aromatic rings. The largest absolute Gasteiger partial charge is 0.299 e. The highest BCUT2D eigenvalue weighted by Gasteiger charge is 2.21. The summed E-state index contributed by atoms with van der Waals surface area (Å²) >= 11 is 0. The van der Waals surface area contributed by atoms with Crippen molar-refractivity contribution < 1.29 is 8.78 Å². The molecule has 6 heteroatoms. The van der Waals surface area contributed by atoms with Crippen LogP contribution in [0.25, 0.3) is 10.9 Å². The predicted octanol–water partition coefficient (Wildman–Crippen LogP) is 3.90. The van der Waals surface area contributed by atoms with Crippen LogP contribution in [0.5, 0.6) is 0 Å². The predicted molar refractivity (Wildman–Crippen MR) is 105 cm³/mol. The van der Waals surface area contributed by atoms with Crippen LogP contribution in [-0.4, -0.2) is 27.5 Å². The molecule has 0 unspecified atom stereocenters. The third-order valence-corrected chi connectivity index (χ3v) is 5.55. The summed E-state index contributed by atoms with van der Waals surface area (Å²) in [6, 6.07) is 10.8. The monoisotopic (exact) mass is 383 g/mol. The second kappa shape index (κ2) is 7.80. The van der Waals surface area contributed by atoms with Crippen molar-refractivity contribution in [3.63, 3.8) is 0 Å². The third kappa shape index (κ3) is 3.97. The third-order valence-electron chi connectivity index (χ3n) is 5.55. The van der Waals surface area contributed by atoms with E-state index < -0.39 is 0 Å². The molecule has 0 aliphatic carbocycles. The van der Waals surface area contributed by atoms with Crippen molar-refractivity contribution in [1.29, 1.82) is 0 Å². The Morgan fingerprint density at radius 1 is 1.07 bits per heavy atom. The normalized spacial score (nSPS) is 16.0. The van der Waals surface area contributed by atoms with Crippen LogP contribution < -0.4 is 5.56 Å². The van der Waals surface area contributed by atoms with E-state index in [2.05, 4.69) is 9.88 Å². The van der Waals surface area contributed by atoms with Gasteiger partial charge in [0.25, 0.3) is 5.56 Å². The number of piperidine rings is 1. The van der Waals surface area contributed by atoms with Crippen molar-refractivity contribution in [2.45, 2.75) is 32.9 Å². The lowest BCUT2D eigenvalue weighted by Gasteiger charge is -2.32. The van der Waals surface area contributed by atoms with E-state index in [1.807, 2.05) is 6.07 Å². The van der Waals surface area contributed by atoms with Crippen LogP contribution in [0.4, 0.5) is 8.78 Å². The van der Waals surface area contributed by atoms with Crippen LogP contribution in [0.1, 0.15) is 24.2 Å². The highest BCUT2D eigenvalue weighted by atomic mass is 19.1. The number of aryl methyl sites for hydroxylation is 1. The maximum absolute atomic E-state index is 13.4. The zero-order chi connectivity index (χ0) is 19.7. The van der Waals surface area contributed by atoms with Crippen molar-refractivity contribution in [2.75, 3.05) is 13.1 Å². The molecule has 2 aromatic carbocycles. The van der Waals surface area contributed by atoms with E-state index in [4.69, 9.17) is 0 Å². The fourth-order valence-electron chi connectivity index (χ4n) is 4.00. The molecule has 1 saturated heterocycles. The van der Waals surface area contributed by atoms with Crippen LogP contribution >= 0.6 is 0 Å². The van der Waals surface area contributed by atoms with Crippen molar-refractivity contribution in [3.8, 4) is 0 Å². The maximum atomic E-state index is 13.4. The lowest BCUT2D eigenvalue weighted by molar-refractivity contribution is 0.166. The summed E-state index contributed by atoms with van der Waals surface area (Å²) in [6.45, 7) is 5.00. The fraction of sp³-hybridized carbons (Fsp3) is 0.364. The fourth-order valence-corrected chi connectivity index (χ4v) is 4.00. The number of hydrogen-bond donors (Lipinski definition) is 0. The van der Waals surface area contributed by atoms with Gasteiger partial charge in [-0.3, -0.25) is 14.3 Å². The smallest absolute Gasteiger partial charge is 0.261 e. The molecule has 28 heavy (non-hydrogen) atoms. The van der Waals surface area contributed by atoms with Crippen LogP contribution in [0.2, 0.25) is 0 Å².